The van der Waals surface area contributed by atoms with Crippen molar-refractivity contribution in [2.24, 2.45) is 5.10 Å². The molecule has 5 nitrogen and oxygen atoms in total. The zero-order valence-corrected chi connectivity index (χ0v) is 21.7. The van der Waals surface area contributed by atoms with E-state index in [2.05, 4.69) is 15.2 Å². The summed E-state index contributed by atoms with van der Waals surface area (Å²) < 4.78 is 81.1. The number of carbonyl (C=O) groups excluding carboxylic acids is 1. The molecule has 4 rings (SSSR count). The lowest BCUT2D eigenvalue weighted by Crippen LogP contribution is -2.43. The number of carbonyl (C=O) groups is 1. The number of benzene rings is 3. The van der Waals surface area contributed by atoms with Crippen molar-refractivity contribution >= 4 is 40.8 Å². The van der Waals surface area contributed by atoms with E-state index in [-0.39, 0.29) is 12.2 Å². The van der Waals surface area contributed by atoms with Gasteiger partial charge in [0.1, 0.15) is 5.75 Å². The average Bonchev–Trinajstić information content (AvgIpc) is 3.25. The van der Waals surface area contributed by atoms with Crippen molar-refractivity contribution in [2.45, 2.75) is 18.0 Å². The second-order valence-electron chi connectivity index (χ2n) is 8.58. The Morgan fingerprint density at radius 2 is 1.72 bits per heavy atom. The van der Waals surface area contributed by atoms with Gasteiger partial charge < -0.3 is 10.1 Å². The highest BCUT2D eigenvalue weighted by Gasteiger charge is 2.46. The van der Waals surface area contributed by atoms with Gasteiger partial charge in [-0.1, -0.05) is 48.0 Å². The first-order chi connectivity index (χ1) is 18.3. The minimum atomic E-state index is -4.86. The normalized spacial score (nSPS) is 17.6. The van der Waals surface area contributed by atoms with Crippen LogP contribution in [0.3, 0.4) is 0 Å². The molecule has 0 aromatic heterocycles. The number of hydrazone groups is 1. The summed E-state index contributed by atoms with van der Waals surface area (Å²) in [6, 6.07) is 16.3. The summed E-state index contributed by atoms with van der Waals surface area (Å²) >= 11 is 7.48. The monoisotopic (exact) mass is 587 g/mol. The molecule has 0 fully saturated rings. The van der Waals surface area contributed by atoms with E-state index in [1.807, 2.05) is 36.6 Å². The van der Waals surface area contributed by atoms with Gasteiger partial charge in [0, 0.05) is 17.0 Å². The number of urea groups is 1. The molecule has 0 radical (unpaired) electrons. The van der Waals surface area contributed by atoms with Gasteiger partial charge >= 0.3 is 18.6 Å². The first-order valence-electron chi connectivity index (χ1n) is 11.3. The zero-order valence-electron chi connectivity index (χ0n) is 20.1. The van der Waals surface area contributed by atoms with Gasteiger partial charge in [0.15, 0.2) is 0 Å². The van der Waals surface area contributed by atoms with Gasteiger partial charge in [0.25, 0.3) is 0 Å². The molecule has 13 heteroatoms. The molecule has 1 N–H and O–H groups in total. The second kappa shape index (κ2) is 11.0. The largest absolute Gasteiger partial charge is 0.573 e. The number of nitrogens with zero attached hydrogens (tertiary/aromatic N) is 2. The number of rotatable bonds is 6. The van der Waals surface area contributed by atoms with E-state index in [0.29, 0.717) is 17.0 Å². The van der Waals surface area contributed by atoms with Crippen molar-refractivity contribution in [3.8, 4) is 5.75 Å². The van der Waals surface area contributed by atoms with Crippen LogP contribution in [0.15, 0.2) is 77.9 Å². The summed E-state index contributed by atoms with van der Waals surface area (Å²) in [5.41, 5.74) is -0.248. The van der Waals surface area contributed by atoms with Crippen molar-refractivity contribution in [2.75, 3.05) is 23.9 Å². The summed E-state index contributed by atoms with van der Waals surface area (Å²) in [4.78, 5) is 13.2. The molecule has 206 valence electrons. The van der Waals surface area contributed by atoms with E-state index in [1.54, 1.807) is 0 Å². The molecule has 39 heavy (non-hydrogen) atoms. The van der Waals surface area contributed by atoms with Crippen molar-refractivity contribution < 1.29 is 35.9 Å². The number of nitrogens with one attached hydrogen (secondary N) is 1. The molecular weight excluding hydrogens is 568 g/mol. The molecule has 0 saturated carbocycles. The third kappa shape index (κ3) is 6.44. The topological polar surface area (TPSA) is 53.9 Å². The number of alkyl halides is 6. The number of thioether (sulfide) groups is 1. The fraction of sp³-hybridized carbons (Fsp3) is 0.231. The van der Waals surface area contributed by atoms with Crippen LogP contribution in [-0.4, -0.2) is 41.7 Å². The fourth-order valence-electron chi connectivity index (χ4n) is 4.28. The quantitative estimate of drug-likeness (QED) is 0.299. The summed E-state index contributed by atoms with van der Waals surface area (Å²) in [5.74, 6) is -0.0221. The Morgan fingerprint density at radius 3 is 2.28 bits per heavy atom. The number of amides is 2. The van der Waals surface area contributed by atoms with Crippen molar-refractivity contribution in [1.29, 1.82) is 0 Å². The predicted molar refractivity (Wildman–Crippen MR) is 138 cm³/mol. The molecule has 2 amide bonds. The molecule has 0 spiro atoms. The highest BCUT2D eigenvalue weighted by Crippen LogP contribution is 2.41. The lowest BCUT2D eigenvalue weighted by atomic mass is 9.76. The van der Waals surface area contributed by atoms with E-state index in [1.165, 1.54) is 36.0 Å². The molecule has 1 heterocycles. The van der Waals surface area contributed by atoms with Crippen LogP contribution in [-0.2, 0) is 11.6 Å². The Labute approximate surface area is 228 Å². The van der Waals surface area contributed by atoms with E-state index in [0.717, 1.165) is 28.8 Å². The Kier molecular flexibility index (Phi) is 8.08. The van der Waals surface area contributed by atoms with Crippen LogP contribution in [0.4, 0.5) is 36.8 Å². The van der Waals surface area contributed by atoms with E-state index in [9.17, 15) is 31.1 Å². The van der Waals surface area contributed by atoms with Gasteiger partial charge in [0.2, 0.25) is 0 Å². The van der Waals surface area contributed by atoms with Crippen molar-refractivity contribution in [1.82, 2.24) is 5.01 Å². The fourth-order valence-corrected chi connectivity index (χ4v) is 5.46. The van der Waals surface area contributed by atoms with E-state index < -0.39 is 40.3 Å². The van der Waals surface area contributed by atoms with Gasteiger partial charge in [-0.15, -0.1) is 13.2 Å². The smallest absolute Gasteiger partial charge is 0.406 e. The molecule has 0 saturated heterocycles. The highest BCUT2D eigenvalue weighted by atomic mass is 35.5. The Hall–Kier alpha value is -3.38. The number of ether oxygens (including phenoxy) is 1. The summed E-state index contributed by atoms with van der Waals surface area (Å²) in [6.45, 7) is 0.0485. The molecule has 0 bridgehead atoms. The molecule has 1 atom stereocenters. The van der Waals surface area contributed by atoms with Gasteiger partial charge in [-0.25, -0.2) is 9.80 Å². The first kappa shape index (κ1) is 28.6. The van der Waals surface area contributed by atoms with Gasteiger partial charge in [0.05, 0.1) is 28.3 Å². The van der Waals surface area contributed by atoms with Crippen LogP contribution < -0.4 is 10.1 Å². The average molecular weight is 588 g/mol. The maximum atomic E-state index is 13.3. The Balaban J connectivity index is 1.70. The first-order valence-corrected chi connectivity index (χ1v) is 13.0. The van der Waals surface area contributed by atoms with Crippen LogP contribution in [0.2, 0.25) is 5.02 Å². The Bertz CT molecular complexity index is 1370. The van der Waals surface area contributed by atoms with E-state index >= 15 is 0 Å². The lowest BCUT2D eigenvalue weighted by Gasteiger charge is -2.31. The Morgan fingerprint density at radius 1 is 1.05 bits per heavy atom. The number of halogens is 7. The maximum absolute atomic E-state index is 13.3. The number of hydrogen-bond acceptors (Lipinski definition) is 4. The van der Waals surface area contributed by atoms with Crippen LogP contribution in [0.1, 0.15) is 16.7 Å². The minimum absolute atomic E-state index is 0.0485. The van der Waals surface area contributed by atoms with Crippen molar-refractivity contribution in [3.63, 3.8) is 0 Å². The number of hydrogen-bond donors (Lipinski definition) is 1. The zero-order chi connectivity index (χ0) is 28.4. The van der Waals surface area contributed by atoms with Crippen molar-refractivity contribution in [3.05, 3.63) is 94.5 Å². The third-order valence-electron chi connectivity index (χ3n) is 5.93. The molecule has 1 unspecified atom stereocenters. The van der Waals surface area contributed by atoms with Gasteiger partial charge in [-0.2, -0.15) is 30.0 Å². The van der Waals surface area contributed by atoms with Crippen LogP contribution in [0.25, 0.3) is 0 Å². The maximum Gasteiger partial charge on any atom is 0.573 e. The molecule has 3 aromatic rings. The van der Waals surface area contributed by atoms with Gasteiger partial charge in [-0.3, -0.25) is 0 Å². The summed E-state index contributed by atoms with van der Waals surface area (Å²) in [6.07, 6.45) is -7.64. The van der Waals surface area contributed by atoms with E-state index in [4.69, 9.17) is 11.6 Å². The molecule has 0 aliphatic carbocycles. The summed E-state index contributed by atoms with van der Waals surface area (Å²) in [7, 11) is 0. The minimum Gasteiger partial charge on any atom is -0.406 e. The third-order valence-corrected chi connectivity index (χ3v) is 7.03. The molecule has 3 aromatic carbocycles. The second-order valence-corrected chi connectivity index (χ2v) is 9.86. The molecule has 1 aliphatic rings. The SMILES string of the molecule is CSCC1(c2ccccc2)CN(C(=O)Nc2ccc(OC(F)(F)F)cc2)N=C1c1ccc(C(F)(F)F)c(Cl)c1. The standard InChI is InChI=1S/C26H20ClF6N3O2S/c1-39-15-24(17-5-3-2-4-6-17)14-36(23(37)34-18-8-10-19(11-9-18)38-26(31,32)33)35-22(24)16-7-12-20(21(27)13-16)25(28,29)30/h2-13H,14-15H2,1H3,(H,34,37). The molecular formula is C26H20ClF6N3O2S. The predicted octanol–water partition coefficient (Wildman–Crippen LogP) is 7.81. The van der Waals surface area contributed by atoms with Crippen LogP contribution in [0.5, 0.6) is 5.75 Å². The molecule has 1 aliphatic heterocycles. The van der Waals surface area contributed by atoms with Crippen LogP contribution >= 0.6 is 23.4 Å². The lowest BCUT2D eigenvalue weighted by molar-refractivity contribution is -0.274. The van der Waals surface area contributed by atoms with Gasteiger partial charge in [-0.05, 0) is 48.2 Å². The highest BCUT2D eigenvalue weighted by molar-refractivity contribution is 7.98. The van der Waals surface area contributed by atoms with Crippen LogP contribution in [0, 0.1) is 0 Å². The number of anilines is 1. The summed E-state index contributed by atoms with van der Waals surface area (Å²) in [5, 5.41) is 7.73.